The molecule has 0 aliphatic carbocycles. The first-order valence-electron chi connectivity index (χ1n) is 6.50. The Bertz CT molecular complexity index is 642. The maximum atomic E-state index is 12.0. The fourth-order valence-corrected chi connectivity index (χ4v) is 1.99. The molecule has 0 radical (unpaired) electrons. The second-order valence-electron chi connectivity index (χ2n) is 4.75. The molecule has 1 aromatic heterocycles. The molecule has 1 heterocycles. The standard InChI is InChI=1S/C14H17ClN4O2/c1-9-6-11(15)4-5-12(9)21-10(2)14(20)16-7-13-18-17-8-19(13)3/h4-6,8,10H,7H2,1-3H3,(H,16,20). The van der Waals surface area contributed by atoms with E-state index in [9.17, 15) is 4.79 Å². The zero-order chi connectivity index (χ0) is 15.4. The van der Waals surface area contributed by atoms with Gasteiger partial charge in [0.1, 0.15) is 12.1 Å². The largest absolute Gasteiger partial charge is 0.481 e. The molecule has 7 heteroatoms. The molecule has 0 aliphatic rings. The number of benzene rings is 1. The number of aryl methyl sites for hydroxylation is 2. The van der Waals surface area contributed by atoms with Crippen molar-refractivity contribution in [3.63, 3.8) is 0 Å². The molecular weight excluding hydrogens is 292 g/mol. The van der Waals surface area contributed by atoms with Crippen LogP contribution in [0.3, 0.4) is 0 Å². The van der Waals surface area contributed by atoms with Crippen molar-refractivity contribution in [1.82, 2.24) is 20.1 Å². The van der Waals surface area contributed by atoms with E-state index in [1.54, 1.807) is 36.0 Å². The quantitative estimate of drug-likeness (QED) is 0.915. The molecule has 112 valence electrons. The lowest BCUT2D eigenvalue weighted by Crippen LogP contribution is -2.36. The number of hydrogen-bond donors (Lipinski definition) is 1. The van der Waals surface area contributed by atoms with Crippen LogP contribution >= 0.6 is 11.6 Å². The van der Waals surface area contributed by atoms with Gasteiger partial charge in [-0.15, -0.1) is 10.2 Å². The van der Waals surface area contributed by atoms with Gasteiger partial charge in [-0.1, -0.05) is 11.6 Å². The van der Waals surface area contributed by atoms with Crippen LogP contribution in [-0.2, 0) is 18.4 Å². The normalized spacial score (nSPS) is 12.0. The van der Waals surface area contributed by atoms with Gasteiger partial charge in [0, 0.05) is 12.1 Å². The summed E-state index contributed by atoms with van der Waals surface area (Å²) in [7, 11) is 1.82. The van der Waals surface area contributed by atoms with Crippen LogP contribution in [0.1, 0.15) is 18.3 Å². The smallest absolute Gasteiger partial charge is 0.261 e. The van der Waals surface area contributed by atoms with Crippen molar-refractivity contribution in [1.29, 1.82) is 0 Å². The minimum Gasteiger partial charge on any atom is -0.481 e. The molecule has 1 aromatic carbocycles. The summed E-state index contributed by atoms with van der Waals surface area (Å²) in [5, 5.41) is 11.0. The highest BCUT2D eigenvalue weighted by atomic mass is 35.5. The molecule has 2 rings (SSSR count). The summed E-state index contributed by atoms with van der Waals surface area (Å²) in [5.74, 6) is 1.10. The highest BCUT2D eigenvalue weighted by Crippen LogP contribution is 2.22. The van der Waals surface area contributed by atoms with Gasteiger partial charge in [0.25, 0.3) is 5.91 Å². The highest BCUT2D eigenvalue weighted by molar-refractivity contribution is 6.30. The first kappa shape index (κ1) is 15.3. The third kappa shape index (κ3) is 3.95. The molecule has 1 amide bonds. The Balaban J connectivity index is 1.92. The van der Waals surface area contributed by atoms with Gasteiger partial charge >= 0.3 is 0 Å². The Morgan fingerprint density at radius 1 is 1.52 bits per heavy atom. The van der Waals surface area contributed by atoms with Crippen molar-refractivity contribution in [3.05, 3.63) is 40.9 Å². The maximum Gasteiger partial charge on any atom is 0.261 e. The molecular formula is C14H17ClN4O2. The predicted molar refractivity (Wildman–Crippen MR) is 79.1 cm³/mol. The molecule has 1 unspecified atom stereocenters. The number of hydrogen-bond acceptors (Lipinski definition) is 4. The monoisotopic (exact) mass is 308 g/mol. The van der Waals surface area contributed by atoms with Gasteiger partial charge in [0.05, 0.1) is 6.54 Å². The minimum absolute atomic E-state index is 0.215. The molecule has 2 aromatic rings. The van der Waals surface area contributed by atoms with E-state index in [4.69, 9.17) is 16.3 Å². The average molecular weight is 309 g/mol. The topological polar surface area (TPSA) is 69.0 Å². The van der Waals surface area contributed by atoms with Crippen molar-refractivity contribution < 1.29 is 9.53 Å². The van der Waals surface area contributed by atoms with E-state index in [2.05, 4.69) is 15.5 Å². The average Bonchev–Trinajstić information content (AvgIpc) is 2.84. The van der Waals surface area contributed by atoms with E-state index < -0.39 is 6.10 Å². The first-order chi connectivity index (χ1) is 9.97. The summed E-state index contributed by atoms with van der Waals surface area (Å²) >= 11 is 5.89. The van der Waals surface area contributed by atoms with Crippen molar-refractivity contribution in [3.8, 4) is 5.75 Å². The van der Waals surface area contributed by atoms with E-state index in [-0.39, 0.29) is 5.91 Å². The van der Waals surface area contributed by atoms with Crippen LogP contribution in [0.25, 0.3) is 0 Å². The number of amides is 1. The molecule has 0 spiro atoms. The third-order valence-corrected chi connectivity index (χ3v) is 3.27. The molecule has 21 heavy (non-hydrogen) atoms. The van der Waals surface area contributed by atoms with E-state index >= 15 is 0 Å². The Morgan fingerprint density at radius 3 is 2.90 bits per heavy atom. The van der Waals surface area contributed by atoms with E-state index in [0.29, 0.717) is 23.1 Å². The predicted octanol–water partition coefficient (Wildman–Crippen LogP) is 1.86. The number of nitrogens with one attached hydrogen (secondary N) is 1. The van der Waals surface area contributed by atoms with Crippen LogP contribution in [-0.4, -0.2) is 26.8 Å². The summed E-state index contributed by atoms with van der Waals surface area (Å²) in [5.41, 5.74) is 0.885. The summed E-state index contributed by atoms with van der Waals surface area (Å²) < 4.78 is 7.39. The number of nitrogens with zero attached hydrogens (tertiary/aromatic N) is 3. The molecule has 1 N–H and O–H groups in total. The molecule has 0 bridgehead atoms. The van der Waals surface area contributed by atoms with Crippen molar-refractivity contribution >= 4 is 17.5 Å². The number of rotatable bonds is 5. The van der Waals surface area contributed by atoms with Crippen LogP contribution in [0.15, 0.2) is 24.5 Å². The van der Waals surface area contributed by atoms with E-state index in [1.165, 1.54) is 0 Å². The zero-order valence-electron chi connectivity index (χ0n) is 12.1. The number of carbonyl (C=O) groups is 1. The fraction of sp³-hybridized carbons (Fsp3) is 0.357. The Hall–Kier alpha value is -2.08. The van der Waals surface area contributed by atoms with Crippen LogP contribution in [0.5, 0.6) is 5.75 Å². The summed E-state index contributed by atoms with van der Waals surface area (Å²) in [6, 6.07) is 5.28. The fourth-order valence-electron chi connectivity index (χ4n) is 1.77. The third-order valence-electron chi connectivity index (χ3n) is 3.04. The second-order valence-corrected chi connectivity index (χ2v) is 5.18. The molecule has 1 atom stereocenters. The molecule has 0 fully saturated rings. The number of aromatic nitrogens is 3. The number of halogens is 1. The van der Waals surface area contributed by atoms with Crippen LogP contribution < -0.4 is 10.1 Å². The Labute approximate surface area is 128 Å². The van der Waals surface area contributed by atoms with E-state index in [0.717, 1.165) is 5.56 Å². The van der Waals surface area contributed by atoms with Crippen molar-refractivity contribution in [2.75, 3.05) is 0 Å². The van der Waals surface area contributed by atoms with Crippen LogP contribution in [0, 0.1) is 6.92 Å². The second kappa shape index (κ2) is 6.58. The maximum absolute atomic E-state index is 12.0. The minimum atomic E-state index is -0.613. The lowest BCUT2D eigenvalue weighted by atomic mass is 10.2. The van der Waals surface area contributed by atoms with Gasteiger partial charge in [-0.05, 0) is 37.6 Å². The Morgan fingerprint density at radius 2 is 2.29 bits per heavy atom. The lowest BCUT2D eigenvalue weighted by Gasteiger charge is -2.16. The van der Waals surface area contributed by atoms with Crippen molar-refractivity contribution in [2.45, 2.75) is 26.5 Å². The molecule has 0 aliphatic heterocycles. The zero-order valence-corrected chi connectivity index (χ0v) is 12.9. The molecule has 0 saturated carbocycles. The lowest BCUT2D eigenvalue weighted by molar-refractivity contribution is -0.127. The Kier molecular flexibility index (Phi) is 4.80. The summed E-state index contributed by atoms with van der Waals surface area (Å²) in [6.07, 6.45) is 0.969. The van der Waals surface area contributed by atoms with Crippen molar-refractivity contribution in [2.24, 2.45) is 7.05 Å². The van der Waals surface area contributed by atoms with Gasteiger partial charge in [-0.2, -0.15) is 0 Å². The van der Waals surface area contributed by atoms with Gasteiger partial charge in [0.15, 0.2) is 11.9 Å². The van der Waals surface area contributed by atoms with Crippen LogP contribution in [0.4, 0.5) is 0 Å². The summed E-state index contributed by atoms with van der Waals surface area (Å²) in [6.45, 7) is 3.88. The number of ether oxygens (including phenoxy) is 1. The number of carbonyl (C=O) groups excluding carboxylic acids is 1. The first-order valence-corrected chi connectivity index (χ1v) is 6.88. The van der Waals surface area contributed by atoms with Gasteiger partial charge in [-0.3, -0.25) is 4.79 Å². The van der Waals surface area contributed by atoms with Gasteiger partial charge < -0.3 is 14.6 Å². The SMILES string of the molecule is Cc1cc(Cl)ccc1OC(C)C(=O)NCc1nncn1C. The van der Waals surface area contributed by atoms with E-state index in [1.807, 2.05) is 14.0 Å². The molecule has 6 nitrogen and oxygen atoms in total. The van der Waals surface area contributed by atoms with Gasteiger partial charge in [-0.25, -0.2) is 0 Å². The van der Waals surface area contributed by atoms with Gasteiger partial charge in [0.2, 0.25) is 0 Å². The molecule has 0 saturated heterocycles. The van der Waals surface area contributed by atoms with Crippen LogP contribution in [0.2, 0.25) is 5.02 Å². The highest BCUT2D eigenvalue weighted by Gasteiger charge is 2.16. The summed E-state index contributed by atoms with van der Waals surface area (Å²) in [4.78, 5) is 12.0.